The molecule has 1 amide bonds. The molecule has 0 bridgehead atoms. The Bertz CT molecular complexity index is 752. The fraction of sp³-hybridized carbons (Fsp3) is 0.450. The lowest BCUT2D eigenvalue weighted by Gasteiger charge is -2.35. The highest BCUT2D eigenvalue weighted by Crippen LogP contribution is 2.27. The van der Waals surface area contributed by atoms with Gasteiger partial charge in [-0.15, -0.1) is 12.4 Å². The molecule has 134 valence electrons. The largest absolute Gasteiger partial charge is 0.339 e. The summed E-state index contributed by atoms with van der Waals surface area (Å²) in [6.45, 7) is 2.94. The molecule has 0 aromatic heterocycles. The van der Waals surface area contributed by atoms with Crippen LogP contribution in [-0.2, 0) is 0 Å². The van der Waals surface area contributed by atoms with Crippen LogP contribution < -0.4 is 5.32 Å². The molecule has 2 aliphatic rings. The standard InChI is InChI=1S/C20H23BrN2O.ClH/c21-18-6-5-15-12-17(4-3-16(15)13-18)20(24)23-10-7-14(8-11-23)19-2-1-9-22-19;/h3-6,12-14,19,22H,1-2,7-11H2;1H. The van der Waals surface area contributed by atoms with Crippen molar-refractivity contribution in [1.29, 1.82) is 0 Å². The van der Waals surface area contributed by atoms with Gasteiger partial charge >= 0.3 is 0 Å². The average molecular weight is 424 g/mol. The molecular weight excluding hydrogens is 400 g/mol. The summed E-state index contributed by atoms with van der Waals surface area (Å²) in [6, 6.07) is 12.9. The highest BCUT2D eigenvalue weighted by Gasteiger charge is 2.30. The van der Waals surface area contributed by atoms with Crippen molar-refractivity contribution in [2.75, 3.05) is 19.6 Å². The van der Waals surface area contributed by atoms with E-state index in [1.165, 1.54) is 12.8 Å². The van der Waals surface area contributed by atoms with Gasteiger partial charge in [0.25, 0.3) is 5.91 Å². The second-order valence-corrected chi connectivity index (χ2v) is 7.95. The predicted molar refractivity (Wildman–Crippen MR) is 109 cm³/mol. The average Bonchev–Trinajstić information content (AvgIpc) is 3.15. The number of piperidine rings is 1. The van der Waals surface area contributed by atoms with Crippen LogP contribution in [0.5, 0.6) is 0 Å². The van der Waals surface area contributed by atoms with E-state index in [2.05, 4.69) is 33.4 Å². The number of rotatable bonds is 2. The summed E-state index contributed by atoms with van der Waals surface area (Å²) in [4.78, 5) is 14.9. The van der Waals surface area contributed by atoms with Gasteiger partial charge in [0.05, 0.1) is 0 Å². The number of amides is 1. The van der Waals surface area contributed by atoms with E-state index < -0.39 is 0 Å². The third-order valence-electron chi connectivity index (χ3n) is 5.54. The summed E-state index contributed by atoms with van der Waals surface area (Å²) in [5, 5.41) is 5.90. The molecule has 1 unspecified atom stereocenters. The van der Waals surface area contributed by atoms with Crippen LogP contribution in [-0.4, -0.2) is 36.5 Å². The number of fused-ring (bicyclic) bond motifs is 1. The fourth-order valence-corrected chi connectivity index (χ4v) is 4.53. The molecule has 0 saturated carbocycles. The monoisotopic (exact) mass is 422 g/mol. The maximum Gasteiger partial charge on any atom is 0.253 e. The van der Waals surface area contributed by atoms with Gasteiger partial charge < -0.3 is 10.2 Å². The molecular formula is C20H24BrClN2O. The van der Waals surface area contributed by atoms with Crippen molar-refractivity contribution < 1.29 is 4.79 Å². The van der Waals surface area contributed by atoms with Gasteiger partial charge in [-0.05, 0) is 73.2 Å². The minimum absolute atomic E-state index is 0. The number of nitrogens with one attached hydrogen (secondary N) is 1. The van der Waals surface area contributed by atoms with Crippen LogP contribution >= 0.6 is 28.3 Å². The molecule has 2 fully saturated rings. The number of halogens is 2. The number of benzene rings is 2. The molecule has 5 heteroatoms. The third kappa shape index (κ3) is 4.02. The van der Waals surface area contributed by atoms with Crippen molar-refractivity contribution in [3.63, 3.8) is 0 Å². The first-order valence-electron chi connectivity index (χ1n) is 8.93. The van der Waals surface area contributed by atoms with Gasteiger partial charge in [-0.2, -0.15) is 0 Å². The number of hydrogen-bond acceptors (Lipinski definition) is 2. The van der Waals surface area contributed by atoms with Crippen molar-refractivity contribution in [3.05, 3.63) is 46.4 Å². The van der Waals surface area contributed by atoms with Gasteiger partial charge in [-0.3, -0.25) is 4.79 Å². The molecule has 3 nitrogen and oxygen atoms in total. The van der Waals surface area contributed by atoms with Gasteiger partial charge in [-0.25, -0.2) is 0 Å². The first kappa shape index (κ1) is 18.7. The van der Waals surface area contributed by atoms with Gasteiger partial charge in [0.2, 0.25) is 0 Å². The van der Waals surface area contributed by atoms with Crippen LogP contribution in [0.3, 0.4) is 0 Å². The van der Waals surface area contributed by atoms with Gasteiger partial charge in [0, 0.05) is 29.2 Å². The van der Waals surface area contributed by atoms with Crippen molar-refractivity contribution in [2.45, 2.75) is 31.7 Å². The molecule has 1 N–H and O–H groups in total. The predicted octanol–water partition coefficient (Wildman–Crippen LogP) is 4.63. The minimum Gasteiger partial charge on any atom is -0.339 e. The smallest absolute Gasteiger partial charge is 0.253 e. The Kier molecular flexibility index (Phi) is 6.03. The molecule has 4 rings (SSSR count). The second-order valence-electron chi connectivity index (χ2n) is 7.04. The van der Waals surface area contributed by atoms with E-state index in [1.807, 2.05) is 29.2 Å². The molecule has 0 radical (unpaired) electrons. The summed E-state index contributed by atoms with van der Waals surface area (Å²) in [5.41, 5.74) is 0.808. The van der Waals surface area contributed by atoms with E-state index in [1.54, 1.807) is 0 Å². The molecule has 1 atom stereocenters. The Morgan fingerprint density at radius 3 is 2.48 bits per heavy atom. The lowest BCUT2D eigenvalue weighted by atomic mass is 9.88. The van der Waals surface area contributed by atoms with Crippen molar-refractivity contribution in [3.8, 4) is 0 Å². The van der Waals surface area contributed by atoms with E-state index in [4.69, 9.17) is 0 Å². The maximum atomic E-state index is 12.8. The molecule has 25 heavy (non-hydrogen) atoms. The quantitative estimate of drug-likeness (QED) is 0.764. The van der Waals surface area contributed by atoms with Crippen molar-refractivity contribution >= 4 is 45.0 Å². The topological polar surface area (TPSA) is 32.3 Å². The van der Waals surface area contributed by atoms with E-state index in [9.17, 15) is 4.79 Å². The van der Waals surface area contributed by atoms with Crippen molar-refractivity contribution in [2.24, 2.45) is 5.92 Å². The highest BCUT2D eigenvalue weighted by molar-refractivity contribution is 9.10. The Morgan fingerprint density at radius 1 is 1.04 bits per heavy atom. The lowest BCUT2D eigenvalue weighted by molar-refractivity contribution is 0.0674. The summed E-state index contributed by atoms with van der Waals surface area (Å²) in [5.74, 6) is 0.920. The molecule has 2 aromatic rings. The van der Waals surface area contributed by atoms with Gasteiger partial charge in [0.15, 0.2) is 0 Å². The van der Waals surface area contributed by atoms with Gasteiger partial charge in [0.1, 0.15) is 0 Å². The molecule has 2 saturated heterocycles. The zero-order valence-electron chi connectivity index (χ0n) is 14.2. The van der Waals surface area contributed by atoms with Crippen LogP contribution in [0.25, 0.3) is 10.8 Å². The molecule has 2 heterocycles. The fourth-order valence-electron chi connectivity index (χ4n) is 4.15. The van der Waals surface area contributed by atoms with E-state index >= 15 is 0 Å². The number of hydrogen-bond donors (Lipinski definition) is 1. The highest BCUT2D eigenvalue weighted by atomic mass is 79.9. The summed E-state index contributed by atoms with van der Waals surface area (Å²) < 4.78 is 1.07. The van der Waals surface area contributed by atoms with Gasteiger partial charge in [-0.1, -0.05) is 28.1 Å². The Balaban J connectivity index is 0.00000182. The molecule has 2 aromatic carbocycles. The number of likely N-dealkylation sites (tertiary alicyclic amines) is 1. The normalized spacial score (nSPS) is 21.3. The van der Waals surface area contributed by atoms with Crippen LogP contribution in [0.2, 0.25) is 0 Å². The third-order valence-corrected chi connectivity index (χ3v) is 6.04. The molecule has 2 aliphatic heterocycles. The Morgan fingerprint density at radius 2 is 1.76 bits per heavy atom. The number of nitrogens with zero attached hydrogens (tertiary/aromatic N) is 1. The lowest BCUT2D eigenvalue weighted by Crippen LogP contribution is -2.43. The SMILES string of the molecule is Cl.O=C(c1ccc2cc(Br)ccc2c1)N1CCC(C2CCCN2)CC1. The molecule has 0 spiro atoms. The van der Waals surface area contributed by atoms with Crippen LogP contribution in [0, 0.1) is 5.92 Å². The Labute approximate surface area is 163 Å². The Hall–Kier alpha value is -1.10. The zero-order valence-corrected chi connectivity index (χ0v) is 16.6. The van der Waals surface area contributed by atoms with E-state index in [-0.39, 0.29) is 18.3 Å². The van der Waals surface area contributed by atoms with Crippen LogP contribution in [0.4, 0.5) is 0 Å². The summed E-state index contributed by atoms with van der Waals surface area (Å²) in [7, 11) is 0. The van der Waals surface area contributed by atoms with Crippen LogP contribution in [0.15, 0.2) is 40.9 Å². The maximum absolute atomic E-state index is 12.8. The first-order chi connectivity index (χ1) is 11.7. The summed E-state index contributed by atoms with van der Waals surface area (Å²) in [6.07, 6.45) is 4.86. The van der Waals surface area contributed by atoms with Crippen molar-refractivity contribution in [1.82, 2.24) is 10.2 Å². The number of carbonyl (C=O) groups is 1. The number of carbonyl (C=O) groups excluding carboxylic acids is 1. The van der Waals surface area contributed by atoms with E-state index in [0.29, 0.717) is 6.04 Å². The molecule has 0 aliphatic carbocycles. The van der Waals surface area contributed by atoms with E-state index in [0.717, 1.165) is 59.2 Å². The van der Waals surface area contributed by atoms with Crippen LogP contribution in [0.1, 0.15) is 36.0 Å². The second kappa shape index (κ2) is 8.07. The minimum atomic E-state index is 0. The first-order valence-corrected chi connectivity index (χ1v) is 9.72. The summed E-state index contributed by atoms with van der Waals surface area (Å²) >= 11 is 3.50. The zero-order chi connectivity index (χ0) is 16.5.